The molecule has 1 aromatic heterocycles. The third-order valence-electron chi connectivity index (χ3n) is 1.89. The third kappa shape index (κ3) is 2.36. The standard InChI is InChI=1S/C9H14O3/c1-7(11-2)5-9(10)8-3-4-12-6-8/h3-4,6-7,9-10H,5H2,1-2H3. The minimum absolute atomic E-state index is 0.0647. The van der Waals surface area contributed by atoms with Crippen molar-refractivity contribution in [1.82, 2.24) is 0 Å². The molecule has 0 aromatic carbocycles. The van der Waals surface area contributed by atoms with Crippen molar-refractivity contribution in [2.24, 2.45) is 0 Å². The maximum atomic E-state index is 9.57. The molecule has 0 aliphatic rings. The molecule has 1 rings (SSSR count). The molecular formula is C9H14O3. The maximum absolute atomic E-state index is 9.57. The highest BCUT2D eigenvalue weighted by Gasteiger charge is 2.12. The Kier molecular flexibility index (Phi) is 3.31. The molecule has 0 aliphatic heterocycles. The number of ether oxygens (including phenoxy) is 1. The first-order valence-corrected chi connectivity index (χ1v) is 3.97. The van der Waals surface area contributed by atoms with E-state index in [-0.39, 0.29) is 6.10 Å². The summed E-state index contributed by atoms with van der Waals surface area (Å²) >= 11 is 0. The Bertz CT molecular complexity index is 206. The molecule has 3 nitrogen and oxygen atoms in total. The Hall–Kier alpha value is -0.800. The summed E-state index contributed by atoms with van der Waals surface area (Å²) in [6.07, 6.45) is 3.27. The van der Waals surface area contributed by atoms with Gasteiger partial charge in [-0.3, -0.25) is 0 Å². The van der Waals surface area contributed by atoms with Crippen LogP contribution in [-0.4, -0.2) is 18.3 Å². The summed E-state index contributed by atoms with van der Waals surface area (Å²) in [4.78, 5) is 0. The van der Waals surface area contributed by atoms with E-state index in [9.17, 15) is 5.11 Å². The first-order valence-electron chi connectivity index (χ1n) is 3.97. The number of hydrogen-bond donors (Lipinski definition) is 1. The van der Waals surface area contributed by atoms with E-state index < -0.39 is 6.10 Å². The molecule has 0 amide bonds. The monoisotopic (exact) mass is 170 g/mol. The summed E-state index contributed by atoms with van der Waals surface area (Å²) in [5.74, 6) is 0. The van der Waals surface area contributed by atoms with Crippen LogP contribution in [0.25, 0.3) is 0 Å². The number of furan rings is 1. The third-order valence-corrected chi connectivity index (χ3v) is 1.89. The summed E-state index contributed by atoms with van der Waals surface area (Å²) in [7, 11) is 1.63. The number of aliphatic hydroxyl groups is 1. The average molecular weight is 170 g/mol. The lowest BCUT2D eigenvalue weighted by molar-refractivity contribution is 0.0557. The quantitative estimate of drug-likeness (QED) is 0.748. The minimum atomic E-state index is -0.487. The van der Waals surface area contributed by atoms with Crippen molar-refractivity contribution >= 4 is 0 Å². The van der Waals surface area contributed by atoms with Gasteiger partial charge in [0.25, 0.3) is 0 Å². The van der Waals surface area contributed by atoms with Crippen LogP contribution < -0.4 is 0 Å². The highest BCUT2D eigenvalue weighted by Crippen LogP contribution is 2.19. The highest BCUT2D eigenvalue weighted by atomic mass is 16.5. The molecule has 0 bridgehead atoms. The zero-order chi connectivity index (χ0) is 8.97. The molecular weight excluding hydrogens is 156 g/mol. The van der Waals surface area contributed by atoms with Crippen LogP contribution in [-0.2, 0) is 4.74 Å². The summed E-state index contributed by atoms with van der Waals surface area (Å²) in [6, 6.07) is 1.76. The second-order valence-corrected chi connectivity index (χ2v) is 2.85. The van der Waals surface area contributed by atoms with Gasteiger partial charge in [-0.05, 0) is 13.0 Å². The Morgan fingerprint density at radius 3 is 2.92 bits per heavy atom. The van der Waals surface area contributed by atoms with Crippen molar-refractivity contribution in [3.8, 4) is 0 Å². The smallest absolute Gasteiger partial charge is 0.0960 e. The Morgan fingerprint density at radius 1 is 1.67 bits per heavy atom. The van der Waals surface area contributed by atoms with Gasteiger partial charge in [-0.1, -0.05) is 0 Å². The van der Waals surface area contributed by atoms with Crippen molar-refractivity contribution in [2.75, 3.05) is 7.11 Å². The Morgan fingerprint density at radius 2 is 2.42 bits per heavy atom. The first-order chi connectivity index (χ1) is 5.74. The number of aliphatic hydroxyl groups excluding tert-OH is 1. The molecule has 0 saturated heterocycles. The van der Waals surface area contributed by atoms with Crippen LogP contribution in [0.4, 0.5) is 0 Å². The summed E-state index contributed by atoms with van der Waals surface area (Å²) in [6.45, 7) is 1.92. The fraction of sp³-hybridized carbons (Fsp3) is 0.556. The van der Waals surface area contributed by atoms with Gasteiger partial charge < -0.3 is 14.3 Å². The van der Waals surface area contributed by atoms with Gasteiger partial charge in [0.1, 0.15) is 0 Å². The molecule has 0 spiro atoms. The van der Waals surface area contributed by atoms with E-state index in [0.29, 0.717) is 6.42 Å². The highest BCUT2D eigenvalue weighted by molar-refractivity contribution is 5.08. The Balaban J connectivity index is 2.44. The molecule has 0 fully saturated rings. The second-order valence-electron chi connectivity index (χ2n) is 2.85. The molecule has 0 radical (unpaired) electrons. The summed E-state index contributed by atoms with van der Waals surface area (Å²) < 4.78 is 9.88. The lowest BCUT2D eigenvalue weighted by Gasteiger charge is -2.13. The molecule has 2 unspecified atom stereocenters. The van der Waals surface area contributed by atoms with Crippen LogP contribution in [0.5, 0.6) is 0 Å². The van der Waals surface area contributed by atoms with Gasteiger partial charge in [-0.2, -0.15) is 0 Å². The molecule has 1 heterocycles. The maximum Gasteiger partial charge on any atom is 0.0960 e. The topological polar surface area (TPSA) is 42.6 Å². The van der Waals surface area contributed by atoms with Gasteiger partial charge in [0.2, 0.25) is 0 Å². The van der Waals surface area contributed by atoms with Gasteiger partial charge in [0.05, 0.1) is 24.7 Å². The zero-order valence-electron chi connectivity index (χ0n) is 7.36. The van der Waals surface area contributed by atoms with Gasteiger partial charge in [0, 0.05) is 19.1 Å². The van der Waals surface area contributed by atoms with Gasteiger partial charge in [-0.15, -0.1) is 0 Å². The molecule has 0 aliphatic carbocycles. The van der Waals surface area contributed by atoms with Crippen LogP contribution in [0.3, 0.4) is 0 Å². The molecule has 68 valence electrons. The van der Waals surface area contributed by atoms with Crippen LogP contribution in [0, 0.1) is 0 Å². The van der Waals surface area contributed by atoms with Gasteiger partial charge >= 0.3 is 0 Å². The lowest BCUT2D eigenvalue weighted by atomic mass is 10.1. The van der Waals surface area contributed by atoms with Crippen molar-refractivity contribution in [3.05, 3.63) is 24.2 Å². The number of methoxy groups -OCH3 is 1. The summed E-state index contributed by atoms with van der Waals surface area (Å²) in [5, 5.41) is 9.57. The van der Waals surface area contributed by atoms with E-state index in [1.54, 1.807) is 25.7 Å². The first kappa shape index (κ1) is 9.29. The summed E-state index contributed by atoms with van der Waals surface area (Å²) in [5.41, 5.74) is 0.805. The lowest BCUT2D eigenvalue weighted by Crippen LogP contribution is -2.10. The van der Waals surface area contributed by atoms with Crippen molar-refractivity contribution < 1.29 is 14.3 Å². The molecule has 3 heteroatoms. The van der Waals surface area contributed by atoms with E-state index in [4.69, 9.17) is 9.15 Å². The van der Waals surface area contributed by atoms with Gasteiger partial charge in [0.15, 0.2) is 0 Å². The van der Waals surface area contributed by atoms with Crippen molar-refractivity contribution in [1.29, 1.82) is 0 Å². The molecule has 1 N–H and O–H groups in total. The molecule has 0 saturated carbocycles. The normalized spacial score (nSPS) is 15.9. The zero-order valence-corrected chi connectivity index (χ0v) is 7.36. The predicted molar refractivity (Wildman–Crippen MR) is 44.8 cm³/mol. The molecule has 1 aromatic rings. The Labute approximate surface area is 72.0 Å². The van der Waals surface area contributed by atoms with Crippen LogP contribution in [0.1, 0.15) is 25.0 Å². The van der Waals surface area contributed by atoms with Crippen molar-refractivity contribution in [2.45, 2.75) is 25.6 Å². The van der Waals surface area contributed by atoms with Crippen molar-refractivity contribution in [3.63, 3.8) is 0 Å². The predicted octanol–water partition coefficient (Wildman–Crippen LogP) is 1.74. The fourth-order valence-corrected chi connectivity index (χ4v) is 1.01. The number of rotatable bonds is 4. The second kappa shape index (κ2) is 4.28. The fourth-order valence-electron chi connectivity index (χ4n) is 1.01. The molecule has 2 atom stereocenters. The SMILES string of the molecule is COC(C)CC(O)c1ccoc1. The van der Waals surface area contributed by atoms with E-state index in [0.717, 1.165) is 5.56 Å². The minimum Gasteiger partial charge on any atom is -0.472 e. The van der Waals surface area contributed by atoms with E-state index in [2.05, 4.69) is 0 Å². The molecule has 12 heavy (non-hydrogen) atoms. The number of hydrogen-bond acceptors (Lipinski definition) is 3. The van der Waals surface area contributed by atoms with Crippen LogP contribution >= 0.6 is 0 Å². The van der Waals surface area contributed by atoms with E-state index in [1.807, 2.05) is 6.92 Å². The largest absolute Gasteiger partial charge is 0.472 e. The van der Waals surface area contributed by atoms with Gasteiger partial charge in [-0.25, -0.2) is 0 Å². The van der Waals surface area contributed by atoms with Crippen LogP contribution in [0.15, 0.2) is 23.0 Å². The average Bonchev–Trinajstić information content (AvgIpc) is 2.56. The van der Waals surface area contributed by atoms with E-state index >= 15 is 0 Å². The van der Waals surface area contributed by atoms with E-state index in [1.165, 1.54) is 0 Å². The van der Waals surface area contributed by atoms with Crippen LogP contribution in [0.2, 0.25) is 0 Å².